The van der Waals surface area contributed by atoms with Crippen molar-refractivity contribution in [3.8, 4) is 6.01 Å². The van der Waals surface area contributed by atoms with Crippen LogP contribution in [0.25, 0.3) is 11.1 Å². The molecule has 0 aliphatic heterocycles. The quantitative estimate of drug-likeness (QED) is 0.906. The monoisotopic (exact) mass is 264 g/mol. The Kier molecular flexibility index (Phi) is 3.69. The Balaban J connectivity index is 2.63. The minimum atomic E-state index is -0.517. The first-order valence-electron chi connectivity index (χ1n) is 6.28. The Hall–Kier alpha value is -2.11. The van der Waals surface area contributed by atoms with Crippen molar-refractivity contribution >= 4 is 11.1 Å². The van der Waals surface area contributed by atoms with Crippen LogP contribution in [0.4, 0.5) is 0 Å². The molecule has 0 aliphatic carbocycles. The summed E-state index contributed by atoms with van der Waals surface area (Å²) in [6.07, 6.45) is 1.25. The van der Waals surface area contributed by atoms with Gasteiger partial charge >= 0.3 is 5.63 Å². The number of nitrogens with one attached hydrogen (secondary N) is 1. The molecule has 2 aromatic rings. The number of aromatic amines is 1. The summed E-state index contributed by atoms with van der Waals surface area (Å²) in [5.41, 5.74) is -0.234. The first-order valence-corrected chi connectivity index (χ1v) is 6.28. The predicted molar refractivity (Wildman–Crippen MR) is 70.7 cm³/mol. The van der Waals surface area contributed by atoms with Crippen LogP contribution in [-0.4, -0.2) is 16.1 Å². The van der Waals surface area contributed by atoms with Gasteiger partial charge in [-0.25, -0.2) is 4.79 Å². The van der Waals surface area contributed by atoms with E-state index in [1.807, 2.05) is 20.8 Å². The number of aromatic nitrogens is 2. The Bertz CT molecular complexity index is 702. The van der Waals surface area contributed by atoms with E-state index < -0.39 is 5.63 Å². The maximum absolute atomic E-state index is 12.0. The fourth-order valence-corrected chi connectivity index (χ4v) is 1.74. The van der Waals surface area contributed by atoms with Gasteiger partial charge in [0.15, 0.2) is 0 Å². The summed E-state index contributed by atoms with van der Waals surface area (Å²) in [5.74, 6) is 0. The lowest BCUT2D eigenvalue weighted by Crippen LogP contribution is -2.18. The summed E-state index contributed by atoms with van der Waals surface area (Å²) in [6, 6.07) is 1.39. The number of ether oxygens (including phenoxy) is 1. The summed E-state index contributed by atoms with van der Waals surface area (Å²) >= 11 is 0. The maximum Gasteiger partial charge on any atom is 0.337 e. The second-order valence-electron chi connectivity index (χ2n) is 4.33. The lowest BCUT2D eigenvalue weighted by atomic mass is 10.1. The van der Waals surface area contributed by atoms with Crippen LogP contribution in [0.3, 0.4) is 0 Å². The Morgan fingerprint density at radius 1 is 1.42 bits per heavy atom. The third-order valence-corrected chi connectivity index (χ3v) is 2.94. The van der Waals surface area contributed by atoms with Crippen LogP contribution in [0.2, 0.25) is 0 Å². The third kappa shape index (κ3) is 2.67. The van der Waals surface area contributed by atoms with Crippen LogP contribution in [-0.2, 0) is 6.42 Å². The van der Waals surface area contributed by atoms with Gasteiger partial charge in [0.2, 0.25) is 5.71 Å². The van der Waals surface area contributed by atoms with Gasteiger partial charge in [0.25, 0.3) is 11.6 Å². The van der Waals surface area contributed by atoms with Gasteiger partial charge in [-0.05, 0) is 25.3 Å². The normalized spacial score (nSPS) is 12.6. The highest BCUT2D eigenvalue weighted by atomic mass is 16.5. The molecule has 0 bridgehead atoms. The number of hydrogen-bond donors (Lipinski definition) is 1. The van der Waals surface area contributed by atoms with E-state index in [9.17, 15) is 9.59 Å². The molecule has 1 N–H and O–H groups in total. The molecule has 0 amide bonds. The van der Waals surface area contributed by atoms with E-state index in [-0.39, 0.29) is 23.4 Å². The Morgan fingerprint density at radius 3 is 2.79 bits per heavy atom. The number of rotatable bonds is 4. The number of fused-ring (bicyclic) bond motifs is 1. The average Bonchev–Trinajstić information content (AvgIpc) is 2.36. The van der Waals surface area contributed by atoms with Crippen molar-refractivity contribution in [2.24, 2.45) is 0 Å². The molecule has 0 radical (unpaired) electrons. The van der Waals surface area contributed by atoms with Crippen LogP contribution in [0.1, 0.15) is 32.8 Å². The second kappa shape index (κ2) is 5.26. The Labute approximate surface area is 109 Å². The molecular weight excluding hydrogens is 248 g/mol. The summed E-state index contributed by atoms with van der Waals surface area (Å²) in [6.45, 7) is 5.68. The van der Waals surface area contributed by atoms with Gasteiger partial charge in [-0.3, -0.25) is 9.78 Å². The summed E-state index contributed by atoms with van der Waals surface area (Å²) < 4.78 is 10.4. The lowest BCUT2D eigenvalue weighted by molar-refractivity contribution is 0.198. The van der Waals surface area contributed by atoms with Gasteiger partial charge < -0.3 is 9.15 Å². The van der Waals surface area contributed by atoms with Gasteiger partial charge in [0.1, 0.15) is 5.39 Å². The lowest BCUT2D eigenvalue weighted by Gasteiger charge is -2.11. The zero-order chi connectivity index (χ0) is 14.0. The molecule has 0 spiro atoms. The van der Waals surface area contributed by atoms with Crippen LogP contribution >= 0.6 is 0 Å². The van der Waals surface area contributed by atoms with Crippen molar-refractivity contribution in [3.05, 3.63) is 32.4 Å². The molecular formula is C13H16N2O4. The van der Waals surface area contributed by atoms with E-state index in [0.717, 1.165) is 6.42 Å². The molecule has 0 aromatic carbocycles. The molecule has 2 aromatic heterocycles. The van der Waals surface area contributed by atoms with E-state index in [2.05, 4.69) is 9.97 Å². The fourth-order valence-electron chi connectivity index (χ4n) is 1.74. The molecule has 2 heterocycles. The largest absolute Gasteiger partial charge is 0.462 e. The number of hydrogen-bond acceptors (Lipinski definition) is 5. The molecule has 6 heteroatoms. The van der Waals surface area contributed by atoms with Crippen LogP contribution < -0.4 is 15.9 Å². The number of H-pyrrole nitrogens is 1. The smallest absolute Gasteiger partial charge is 0.337 e. The molecule has 1 atom stereocenters. The summed E-state index contributed by atoms with van der Waals surface area (Å²) in [5, 5.41) is 0.304. The van der Waals surface area contributed by atoms with Crippen LogP contribution in [0.15, 0.2) is 20.1 Å². The van der Waals surface area contributed by atoms with Gasteiger partial charge in [-0.2, -0.15) is 4.98 Å². The molecule has 0 aliphatic rings. The fraction of sp³-hybridized carbons (Fsp3) is 0.462. The molecule has 1 unspecified atom stereocenters. The van der Waals surface area contributed by atoms with E-state index in [1.165, 1.54) is 6.07 Å². The van der Waals surface area contributed by atoms with Crippen molar-refractivity contribution in [2.45, 2.75) is 39.7 Å². The minimum Gasteiger partial charge on any atom is -0.462 e. The zero-order valence-corrected chi connectivity index (χ0v) is 11.1. The predicted octanol–water partition coefficient (Wildman–Crippen LogP) is 1.62. The van der Waals surface area contributed by atoms with Crippen molar-refractivity contribution in [3.63, 3.8) is 0 Å². The third-order valence-electron chi connectivity index (χ3n) is 2.94. The van der Waals surface area contributed by atoms with E-state index in [4.69, 9.17) is 9.15 Å². The van der Waals surface area contributed by atoms with Crippen molar-refractivity contribution in [1.29, 1.82) is 0 Å². The average molecular weight is 264 g/mol. The molecule has 0 saturated heterocycles. The van der Waals surface area contributed by atoms with Crippen molar-refractivity contribution in [1.82, 2.24) is 9.97 Å². The number of aryl methyl sites for hydroxylation is 1. The molecule has 0 fully saturated rings. The van der Waals surface area contributed by atoms with Crippen molar-refractivity contribution < 1.29 is 9.15 Å². The molecule has 6 nitrogen and oxygen atoms in total. The molecule has 2 rings (SSSR count). The summed E-state index contributed by atoms with van der Waals surface area (Å²) in [4.78, 5) is 30.0. The SMILES string of the molecule is CCc1cc(=O)oc2nc(OC(C)CC)[nH]c(=O)c12. The van der Waals surface area contributed by atoms with E-state index in [0.29, 0.717) is 17.4 Å². The minimum absolute atomic E-state index is 0.0198. The highest BCUT2D eigenvalue weighted by Crippen LogP contribution is 2.14. The first kappa shape index (κ1) is 13.3. The van der Waals surface area contributed by atoms with Crippen molar-refractivity contribution in [2.75, 3.05) is 0 Å². The molecule has 19 heavy (non-hydrogen) atoms. The van der Waals surface area contributed by atoms with Crippen LogP contribution in [0, 0.1) is 0 Å². The van der Waals surface area contributed by atoms with Gasteiger partial charge in [-0.1, -0.05) is 13.8 Å². The van der Waals surface area contributed by atoms with E-state index in [1.54, 1.807) is 0 Å². The topological polar surface area (TPSA) is 85.2 Å². The van der Waals surface area contributed by atoms with Crippen LogP contribution in [0.5, 0.6) is 6.01 Å². The summed E-state index contributed by atoms with van der Waals surface area (Å²) in [7, 11) is 0. The Morgan fingerprint density at radius 2 is 2.16 bits per heavy atom. The highest BCUT2D eigenvalue weighted by Gasteiger charge is 2.13. The number of nitrogens with zero attached hydrogens (tertiary/aromatic N) is 1. The zero-order valence-electron chi connectivity index (χ0n) is 11.1. The van der Waals surface area contributed by atoms with Gasteiger partial charge in [0, 0.05) is 6.07 Å². The first-order chi connectivity index (χ1) is 9.05. The second-order valence-corrected chi connectivity index (χ2v) is 4.33. The molecule has 102 valence electrons. The highest BCUT2D eigenvalue weighted by molar-refractivity contribution is 5.75. The van der Waals surface area contributed by atoms with E-state index >= 15 is 0 Å². The molecule has 0 saturated carbocycles. The standard InChI is InChI=1S/C13H16N2O4/c1-4-7(3)18-13-14-11(17)10-8(5-2)6-9(16)19-12(10)15-13/h6-7H,4-5H2,1-3H3,(H,14,15,17). The van der Waals surface area contributed by atoms with Gasteiger partial charge in [0.05, 0.1) is 6.10 Å². The van der Waals surface area contributed by atoms with Gasteiger partial charge in [-0.15, -0.1) is 0 Å². The maximum atomic E-state index is 12.0.